The maximum absolute atomic E-state index is 13.2. The number of rotatable bonds is 6. The zero-order valence-electron chi connectivity index (χ0n) is 21.2. The minimum atomic E-state index is -4.45. The van der Waals surface area contributed by atoms with Crippen LogP contribution in [0, 0.1) is 0 Å². The van der Waals surface area contributed by atoms with E-state index in [0.717, 1.165) is 28.8 Å². The number of halogens is 3. The van der Waals surface area contributed by atoms with Crippen molar-refractivity contribution in [1.82, 2.24) is 15.2 Å². The summed E-state index contributed by atoms with van der Waals surface area (Å²) >= 11 is 0. The van der Waals surface area contributed by atoms with Crippen molar-refractivity contribution in [2.24, 2.45) is 5.73 Å². The number of carbonyl (C=O) groups excluding carboxylic acids is 2. The van der Waals surface area contributed by atoms with Gasteiger partial charge in [-0.1, -0.05) is 36.4 Å². The van der Waals surface area contributed by atoms with E-state index in [4.69, 9.17) is 5.73 Å². The lowest BCUT2D eigenvalue weighted by molar-refractivity contribution is -0.137. The Hall–Kier alpha value is -3.98. The lowest BCUT2D eigenvalue weighted by Gasteiger charge is -2.25. The number of carbonyl (C=O) groups is 2. The molecule has 1 aliphatic rings. The first-order chi connectivity index (χ1) is 18.1. The first-order valence-electron chi connectivity index (χ1n) is 12.3. The monoisotopic (exact) mass is 522 g/mol. The molecule has 2 amide bonds. The number of benzene rings is 2. The zero-order valence-corrected chi connectivity index (χ0v) is 21.2. The molecule has 38 heavy (non-hydrogen) atoms. The van der Waals surface area contributed by atoms with Crippen molar-refractivity contribution in [2.45, 2.75) is 39.0 Å². The molecule has 0 aliphatic carbocycles. The Morgan fingerprint density at radius 3 is 2.42 bits per heavy atom. The topological polar surface area (TPSA) is 88.3 Å². The third-order valence-corrected chi connectivity index (χ3v) is 6.75. The second-order valence-electron chi connectivity index (χ2n) is 9.30. The lowest BCUT2D eigenvalue weighted by atomic mass is 9.95. The first kappa shape index (κ1) is 27.1. The summed E-state index contributed by atoms with van der Waals surface area (Å²) in [4.78, 5) is 30.5. The Bertz CT molecular complexity index is 1370. The van der Waals surface area contributed by atoms with Crippen molar-refractivity contribution in [3.63, 3.8) is 0 Å². The predicted octanol–water partition coefficient (Wildman–Crippen LogP) is 5.35. The molecular formula is C29H29F3N4O2. The number of hydrogen-bond donors (Lipinski definition) is 2. The summed E-state index contributed by atoms with van der Waals surface area (Å²) in [5, 5.41) is 2.96. The Kier molecular flexibility index (Phi) is 7.97. The molecule has 0 unspecified atom stereocenters. The fraction of sp³-hybridized carbons (Fsp3) is 0.276. The summed E-state index contributed by atoms with van der Waals surface area (Å²) < 4.78 is 39.7. The number of aromatic nitrogens is 1. The van der Waals surface area contributed by atoms with E-state index in [0.29, 0.717) is 41.8 Å². The molecule has 1 aromatic heterocycles. The molecule has 0 saturated heterocycles. The average molecular weight is 523 g/mol. The quantitative estimate of drug-likeness (QED) is 0.457. The molecule has 3 aromatic rings. The van der Waals surface area contributed by atoms with Gasteiger partial charge in [-0.15, -0.1) is 0 Å². The molecule has 1 atom stereocenters. The molecule has 0 spiro atoms. The molecule has 0 saturated carbocycles. The number of hydrogen-bond acceptors (Lipinski definition) is 4. The van der Waals surface area contributed by atoms with Crippen molar-refractivity contribution in [3.05, 3.63) is 94.8 Å². The summed E-state index contributed by atoms with van der Waals surface area (Å²) in [6, 6.07) is 12.0. The van der Waals surface area contributed by atoms with Crippen LogP contribution < -0.4 is 11.1 Å². The second-order valence-corrected chi connectivity index (χ2v) is 9.30. The predicted molar refractivity (Wildman–Crippen MR) is 140 cm³/mol. The largest absolute Gasteiger partial charge is 0.416 e. The van der Waals surface area contributed by atoms with E-state index in [1.54, 1.807) is 48.4 Å². The number of amides is 2. The average Bonchev–Trinajstić information content (AvgIpc) is 2.92. The number of nitrogens with two attached hydrogens (primary N) is 1. The van der Waals surface area contributed by atoms with Crippen LogP contribution in [0.3, 0.4) is 0 Å². The van der Waals surface area contributed by atoms with Crippen LogP contribution in [-0.2, 0) is 17.5 Å². The molecule has 0 bridgehead atoms. The smallest absolute Gasteiger partial charge is 0.345 e. The standard InChI is InChI=1S/C29H29F3N4O2/c1-18(20-3-5-22(6-4-20)27-14-26(29(30,31)32)8-7-23(27)15-33)35-28(38)25-13-24(16-34-17-25)21-9-11-36(12-10-21)19(2)37/h3-9,13-14,16-18H,10-12,15,33H2,1-2H3,(H,35,38)/t18-/m1/s1. The van der Waals surface area contributed by atoms with E-state index >= 15 is 0 Å². The molecule has 4 rings (SSSR count). The van der Waals surface area contributed by atoms with Crippen LogP contribution in [0.15, 0.2) is 67.0 Å². The van der Waals surface area contributed by atoms with Crippen LogP contribution in [0.2, 0.25) is 0 Å². The van der Waals surface area contributed by atoms with Crippen molar-refractivity contribution >= 4 is 17.4 Å². The van der Waals surface area contributed by atoms with E-state index in [9.17, 15) is 22.8 Å². The summed E-state index contributed by atoms with van der Waals surface area (Å²) in [5.41, 5.74) is 9.77. The maximum Gasteiger partial charge on any atom is 0.416 e. The van der Waals surface area contributed by atoms with Crippen LogP contribution >= 0.6 is 0 Å². The van der Waals surface area contributed by atoms with Gasteiger partial charge in [0.2, 0.25) is 5.91 Å². The third-order valence-electron chi connectivity index (χ3n) is 6.75. The SMILES string of the molecule is CC(=O)N1CC=C(c2cncc(C(=O)N[C@H](C)c3ccc(-c4cc(C(F)(F)F)ccc4CN)cc3)c2)CC1. The summed E-state index contributed by atoms with van der Waals surface area (Å²) in [7, 11) is 0. The van der Waals surface area contributed by atoms with Crippen molar-refractivity contribution in [2.75, 3.05) is 13.1 Å². The fourth-order valence-electron chi connectivity index (χ4n) is 4.47. The van der Waals surface area contributed by atoms with E-state index in [-0.39, 0.29) is 24.4 Å². The van der Waals surface area contributed by atoms with Gasteiger partial charge in [-0.3, -0.25) is 14.6 Å². The summed E-state index contributed by atoms with van der Waals surface area (Å²) in [5.74, 6) is -0.260. The molecule has 2 heterocycles. The van der Waals surface area contributed by atoms with Crippen molar-refractivity contribution in [3.8, 4) is 11.1 Å². The van der Waals surface area contributed by atoms with Gasteiger partial charge in [0.05, 0.1) is 17.2 Å². The van der Waals surface area contributed by atoms with Crippen LogP contribution in [0.4, 0.5) is 13.2 Å². The van der Waals surface area contributed by atoms with Gasteiger partial charge in [0, 0.05) is 39.0 Å². The fourth-order valence-corrected chi connectivity index (χ4v) is 4.47. The number of nitrogens with one attached hydrogen (secondary N) is 1. The van der Waals surface area contributed by atoms with Gasteiger partial charge >= 0.3 is 6.18 Å². The Morgan fingerprint density at radius 1 is 1.08 bits per heavy atom. The van der Waals surface area contributed by atoms with E-state index < -0.39 is 11.7 Å². The Balaban J connectivity index is 1.47. The van der Waals surface area contributed by atoms with Gasteiger partial charge in [0.25, 0.3) is 5.91 Å². The van der Waals surface area contributed by atoms with Crippen molar-refractivity contribution < 1.29 is 22.8 Å². The van der Waals surface area contributed by atoms with Crippen LogP contribution in [0.1, 0.15) is 58.9 Å². The summed E-state index contributed by atoms with van der Waals surface area (Å²) in [6.07, 6.45) is 1.43. The molecule has 9 heteroatoms. The maximum atomic E-state index is 13.2. The highest BCUT2D eigenvalue weighted by Crippen LogP contribution is 2.34. The van der Waals surface area contributed by atoms with Gasteiger partial charge in [0.1, 0.15) is 0 Å². The lowest BCUT2D eigenvalue weighted by Crippen LogP contribution is -2.32. The van der Waals surface area contributed by atoms with Crippen molar-refractivity contribution in [1.29, 1.82) is 0 Å². The number of pyridine rings is 1. The Labute approximate surface area is 219 Å². The number of alkyl halides is 3. The molecule has 6 nitrogen and oxygen atoms in total. The van der Waals surface area contributed by atoms with E-state index in [2.05, 4.69) is 10.3 Å². The highest BCUT2D eigenvalue weighted by molar-refractivity contribution is 5.95. The second kappa shape index (κ2) is 11.2. The van der Waals surface area contributed by atoms with Gasteiger partial charge in [-0.25, -0.2) is 0 Å². The van der Waals surface area contributed by atoms with Crippen LogP contribution in [-0.4, -0.2) is 34.8 Å². The highest BCUT2D eigenvalue weighted by Gasteiger charge is 2.31. The molecular weight excluding hydrogens is 493 g/mol. The van der Waals surface area contributed by atoms with E-state index in [1.165, 1.54) is 12.3 Å². The molecule has 1 aliphatic heterocycles. The third kappa shape index (κ3) is 6.11. The van der Waals surface area contributed by atoms with Gasteiger partial charge in [-0.2, -0.15) is 13.2 Å². The van der Waals surface area contributed by atoms with Gasteiger partial charge in [0.15, 0.2) is 0 Å². The number of nitrogens with zero attached hydrogens (tertiary/aromatic N) is 2. The van der Waals surface area contributed by atoms with E-state index in [1.807, 2.05) is 13.0 Å². The van der Waals surface area contributed by atoms with Crippen LogP contribution in [0.5, 0.6) is 0 Å². The molecule has 3 N–H and O–H groups in total. The minimum absolute atomic E-state index is 0.0308. The first-order valence-corrected chi connectivity index (χ1v) is 12.3. The molecule has 0 fully saturated rings. The zero-order chi connectivity index (χ0) is 27.4. The highest BCUT2D eigenvalue weighted by atomic mass is 19.4. The van der Waals surface area contributed by atoms with Gasteiger partial charge < -0.3 is 16.0 Å². The van der Waals surface area contributed by atoms with Crippen LogP contribution in [0.25, 0.3) is 16.7 Å². The summed E-state index contributed by atoms with van der Waals surface area (Å²) in [6.45, 7) is 4.64. The van der Waals surface area contributed by atoms with Gasteiger partial charge in [-0.05, 0) is 64.9 Å². The molecule has 2 aromatic carbocycles. The minimum Gasteiger partial charge on any atom is -0.345 e. The Morgan fingerprint density at radius 2 is 1.82 bits per heavy atom. The molecule has 198 valence electrons. The molecule has 0 radical (unpaired) electrons. The normalized spacial score (nSPS) is 14.6.